The predicted molar refractivity (Wildman–Crippen MR) is 123 cm³/mol. The highest BCUT2D eigenvalue weighted by atomic mass is 35.5. The molecule has 1 N–H and O–H groups in total. The van der Waals surface area contributed by atoms with Crippen molar-refractivity contribution in [3.05, 3.63) is 94.6 Å². The summed E-state index contributed by atoms with van der Waals surface area (Å²) >= 11 is 7.59. The summed E-state index contributed by atoms with van der Waals surface area (Å²) < 4.78 is 3.12. The second kappa shape index (κ2) is 7.59. The lowest BCUT2D eigenvalue weighted by atomic mass is 10.1. The highest BCUT2D eigenvalue weighted by Crippen LogP contribution is 2.30. The van der Waals surface area contributed by atoms with Gasteiger partial charge in [-0.15, -0.1) is 0 Å². The molecule has 0 fully saturated rings. The Morgan fingerprint density at radius 1 is 1.10 bits per heavy atom. The minimum absolute atomic E-state index is 0.108. The zero-order valence-electron chi connectivity index (χ0n) is 16.2. The molecule has 0 bridgehead atoms. The monoisotopic (exact) mass is 431 g/mol. The van der Waals surface area contributed by atoms with E-state index in [0.717, 1.165) is 32.0 Å². The molecule has 2 aromatic heterocycles. The van der Waals surface area contributed by atoms with Crippen LogP contribution in [0, 0.1) is 6.92 Å². The average molecular weight is 432 g/mol. The van der Waals surface area contributed by atoms with E-state index in [2.05, 4.69) is 47.1 Å². The van der Waals surface area contributed by atoms with Gasteiger partial charge in [0.2, 0.25) is 0 Å². The van der Waals surface area contributed by atoms with Gasteiger partial charge in [-0.3, -0.25) is 9.20 Å². The number of aryl methyl sites for hydroxylation is 1. The quantitative estimate of drug-likeness (QED) is 0.373. The standard InChI is InChI=1S/C24H18ClN3OS/c1-15-5-7-17(8-6-15)20-14-28-21-10-9-18(12-22(21)30-24(28)27-20)23(29)26-13-16-3-2-4-19(25)11-16/h2-12,14H,13H2,1H3,(H,26,29). The summed E-state index contributed by atoms with van der Waals surface area (Å²) in [4.78, 5) is 18.3. The predicted octanol–water partition coefficient (Wildman–Crippen LogP) is 6.11. The van der Waals surface area contributed by atoms with E-state index in [1.54, 1.807) is 11.3 Å². The normalized spacial score (nSPS) is 11.3. The van der Waals surface area contributed by atoms with Crippen molar-refractivity contribution in [2.45, 2.75) is 13.5 Å². The van der Waals surface area contributed by atoms with Crippen LogP contribution in [0.2, 0.25) is 5.02 Å². The first-order valence-electron chi connectivity index (χ1n) is 9.58. The number of nitrogens with one attached hydrogen (secondary N) is 1. The van der Waals surface area contributed by atoms with Gasteiger partial charge in [0.25, 0.3) is 5.91 Å². The fourth-order valence-corrected chi connectivity index (χ4v) is 4.70. The molecule has 0 saturated carbocycles. The molecule has 1 amide bonds. The molecule has 0 unspecified atom stereocenters. The van der Waals surface area contributed by atoms with Crippen molar-refractivity contribution in [3.8, 4) is 11.3 Å². The number of benzene rings is 3. The van der Waals surface area contributed by atoms with E-state index in [-0.39, 0.29) is 5.91 Å². The number of hydrogen-bond donors (Lipinski definition) is 1. The van der Waals surface area contributed by atoms with Crippen LogP contribution in [0.25, 0.3) is 26.4 Å². The summed E-state index contributed by atoms with van der Waals surface area (Å²) in [5, 5.41) is 3.62. The van der Waals surface area contributed by atoms with Crippen LogP contribution >= 0.6 is 22.9 Å². The van der Waals surface area contributed by atoms with E-state index >= 15 is 0 Å². The Morgan fingerprint density at radius 2 is 1.93 bits per heavy atom. The Kier molecular flexibility index (Phi) is 4.77. The molecule has 0 radical (unpaired) electrons. The van der Waals surface area contributed by atoms with Crippen LogP contribution in [0.15, 0.2) is 72.9 Å². The number of carbonyl (C=O) groups is 1. The Balaban J connectivity index is 1.40. The number of thiazole rings is 1. The van der Waals surface area contributed by atoms with E-state index in [4.69, 9.17) is 16.6 Å². The number of amides is 1. The summed E-state index contributed by atoms with van der Waals surface area (Å²) in [5.41, 5.74) is 5.93. The van der Waals surface area contributed by atoms with Crippen molar-refractivity contribution in [2.24, 2.45) is 0 Å². The van der Waals surface area contributed by atoms with E-state index in [9.17, 15) is 4.79 Å². The second-order valence-electron chi connectivity index (χ2n) is 7.24. The molecule has 0 atom stereocenters. The third-order valence-corrected chi connectivity index (χ3v) is 6.30. The number of carbonyl (C=O) groups excluding carboxylic acids is 1. The number of imidazole rings is 1. The number of nitrogens with zero attached hydrogens (tertiary/aromatic N) is 2. The molecule has 6 heteroatoms. The molecule has 0 aliphatic carbocycles. The van der Waals surface area contributed by atoms with E-state index < -0.39 is 0 Å². The third-order valence-electron chi connectivity index (χ3n) is 5.05. The largest absolute Gasteiger partial charge is 0.348 e. The summed E-state index contributed by atoms with van der Waals surface area (Å²) in [7, 11) is 0. The van der Waals surface area contributed by atoms with Crippen LogP contribution < -0.4 is 5.32 Å². The maximum atomic E-state index is 12.6. The summed E-state index contributed by atoms with van der Waals surface area (Å²) in [5.74, 6) is -0.108. The minimum Gasteiger partial charge on any atom is -0.348 e. The molecule has 5 aromatic rings. The average Bonchev–Trinajstić information content (AvgIpc) is 3.30. The maximum absolute atomic E-state index is 12.6. The Bertz CT molecular complexity index is 1390. The number of rotatable bonds is 4. The fraction of sp³-hybridized carbons (Fsp3) is 0.0833. The van der Waals surface area contributed by atoms with Crippen molar-refractivity contribution in [1.82, 2.24) is 14.7 Å². The first-order chi connectivity index (χ1) is 14.6. The molecule has 148 valence electrons. The number of hydrogen-bond acceptors (Lipinski definition) is 3. The molecule has 0 saturated heterocycles. The summed E-state index contributed by atoms with van der Waals surface area (Å²) in [6.07, 6.45) is 2.05. The van der Waals surface area contributed by atoms with Crippen LogP contribution in [-0.4, -0.2) is 15.3 Å². The molecule has 0 aliphatic rings. The topological polar surface area (TPSA) is 46.4 Å². The lowest BCUT2D eigenvalue weighted by Gasteiger charge is -2.06. The molecule has 5 rings (SSSR count). The molecule has 0 spiro atoms. The van der Waals surface area contributed by atoms with Gasteiger partial charge in [-0.05, 0) is 42.8 Å². The van der Waals surface area contributed by atoms with Gasteiger partial charge in [0.05, 0.1) is 15.9 Å². The van der Waals surface area contributed by atoms with Crippen molar-refractivity contribution >= 4 is 44.0 Å². The number of fused-ring (bicyclic) bond motifs is 3. The van der Waals surface area contributed by atoms with Crippen molar-refractivity contribution in [1.29, 1.82) is 0 Å². The van der Waals surface area contributed by atoms with Gasteiger partial charge in [-0.2, -0.15) is 0 Å². The zero-order chi connectivity index (χ0) is 20.7. The minimum atomic E-state index is -0.108. The third kappa shape index (κ3) is 3.58. The number of aromatic nitrogens is 2. The van der Waals surface area contributed by atoms with E-state index in [1.165, 1.54) is 5.56 Å². The highest BCUT2D eigenvalue weighted by Gasteiger charge is 2.13. The Morgan fingerprint density at radius 3 is 2.73 bits per heavy atom. The Hall–Kier alpha value is -3.15. The highest BCUT2D eigenvalue weighted by molar-refractivity contribution is 7.23. The Labute approximate surface area is 182 Å². The fourth-order valence-electron chi connectivity index (χ4n) is 3.44. The summed E-state index contributed by atoms with van der Waals surface area (Å²) in [6, 6.07) is 21.6. The molecule has 2 heterocycles. The smallest absolute Gasteiger partial charge is 0.251 e. The van der Waals surface area contributed by atoms with Gasteiger partial charge in [0.15, 0.2) is 4.96 Å². The van der Waals surface area contributed by atoms with Gasteiger partial charge in [0, 0.05) is 28.9 Å². The first-order valence-corrected chi connectivity index (χ1v) is 10.8. The summed E-state index contributed by atoms with van der Waals surface area (Å²) in [6.45, 7) is 2.51. The van der Waals surface area contributed by atoms with Gasteiger partial charge in [-0.25, -0.2) is 4.98 Å². The van der Waals surface area contributed by atoms with Gasteiger partial charge >= 0.3 is 0 Å². The SMILES string of the molecule is Cc1ccc(-c2cn3c(n2)sc2cc(C(=O)NCc4cccc(Cl)c4)ccc23)cc1. The van der Waals surface area contributed by atoms with Gasteiger partial charge in [0.1, 0.15) is 0 Å². The van der Waals surface area contributed by atoms with Crippen LogP contribution in [0.1, 0.15) is 21.5 Å². The van der Waals surface area contributed by atoms with E-state index in [1.807, 2.05) is 42.5 Å². The first kappa shape index (κ1) is 18.9. The second-order valence-corrected chi connectivity index (χ2v) is 8.69. The lowest BCUT2D eigenvalue weighted by molar-refractivity contribution is 0.0951. The van der Waals surface area contributed by atoms with Crippen LogP contribution in [0.4, 0.5) is 0 Å². The zero-order valence-corrected chi connectivity index (χ0v) is 17.8. The van der Waals surface area contributed by atoms with Gasteiger partial charge < -0.3 is 5.32 Å². The molecular formula is C24H18ClN3OS. The van der Waals surface area contributed by atoms with Crippen molar-refractivity contribution in [2.75, 3.05) is 0 Å². The van der Waals surface area contributed by atoms with Gasteiger partial charge in [-0.1, -0.05) is 64.9 Å². The maximum Gasteiger partial charge on any atom is 0.251 e. The van der Waals surface area contributed by atoms with Crippen molar-refractivity contribution in [3.63, 3.8) is 0 Å². The number of halogens is 1. The van der Waals surface area contributed by atoms with Crippen LogP contribution in [0.5, 0.6) is 0 Å². The molecule has 3 aromatic carbocycles. The van der Waals surface area contributed by atoms with Crippen molar-refractivity contribution < 1.29 is 4.79 Å². The molecular weight excluding hydrogens is 414 g/mol. The lowest BCUT2D eigenvalue weighted by Crippen LogP contribution is -2.22. The molecule has 0 aliphatic heterocycles. The van der Waals surface area contributed by atoms with Crippen LogP contribution in [-0.2, 0) is 6.54 Å². The molecule has 30 heavy (non-hydrogen) atoms. The molecule has 4 nitrogen and oxygen atoms in total. The van der Waals surface area contributed by atoms with Crippen LogP contribution in [0.3, 0.4) is 0 Å². The van der Waals surface area contributed by atoms with E-state index in [0.29, 0.717) is 17.1 Å².